The first-order valence-corrected chi connectivity index (χ1v) is 10.8. The molecule has 0 aromatic heterocycles. The highest BCUT2D eigenvalue weighted by molar-refractivity contribution is 7.90. The quantitative estimate of drug-likeness (QED) is 0.694. The molecule has 0 bridgehead atoms. The van der Waals surface area contributed by atoms with Gasteiger partial charge in [0, 0.05) is 11.9 Å². The summed E-state index contributed by atoms with van der Waals surface area (Å²) in [6.07, 6.45) is 4.31. The highest BCUT2D eigenvalue weighted by atomic mass is 35.5. The van der Waals surface area contributed by atoms with Gasteiger partial charge in [-0.25, -0.2) is 8.42 Å². The second-order valence-corrected chi connectivity index (χ2v) is 8.83. The summed E-state index contributed by atoms with van der Waals surface area (Å²) in [6.45, 7) is 0.228. The fourth-order valence-electron chi connectivity index (χ4n) is 3.30. The van der Waals surface area contributed by atoms with E-state index in [-0.39, 0.29) is 42.3 Å². The highest BCUT2D eigenvalue weighted by Gasteiger charge is 2.21. The lowest BCUT2D eigenvalue weighted by molar-refractivity contribution is -0.122. The van der Waals surface area contributed by atoms with Crippen LogP contribution in [0.25, 0.3) is 0 Å². The van der Waals surface area contributed by atoms with Gasteiger partial charge in [0.15, 0.2) is 9.84 Å². The summed E-state index contributed by atoms with van der Waals surface area (Å²) in [6, 6.07) is 12.0. The van der Waals surface area contributed by atoms with Gasteiger partial charge in [0.2, 0.25) is 5.91 Å². The number of nitrogens with two attached hydrogens (primary N) is 1. The van der Waals surface area contributed by atoms with E-state index in [1.165, 1.54) is 17.7 Å². The predicted molar refractivity (Wildman–Crippen MR) is 112 cm³/mol. The van der Waals surface area contributed by atoms with Crippen molar-refractivity contribution in [2.45, 2.75) is 36.6 Å². The Bertz CT molecular complexity index is 930. The number of halogens is 1. The molecule has 6 nitrogen and oxygen atoms in total. The fourth-order valence-corrected chi connectivity index (χ4v) is 3.93. The van der Waals surface area contributed by atoms with E-state index in [4.69, 9.17) is 10.5 Å². The number of rotatable bonds is 6. The molecule has 0 aliphatic heterocycles. The van der Waals surface area contributed by atoms with Gasteiger partial charge in [-0.15, -0.1) is 12.4 Å². The zero-order valence-electron chi connectivity index (χ0n) is 15.7. The Labute approximate surface area is 171 Å². The maximum atomic E-state index is 12.3. The summed E-state index contributed by atoms with van der Waals surface area (Å²) in [4.78, 5) is 12.5. The average Bonchev–Trinajstić information content (AvgIpc) is 2.61. The molecule has 28 heavy (non-hydrogen) atoms. The molecule has 0 fully saturated rings. The van der Waals surface area contributed by atoms with Crippen molar-refractivity contribution in [1.29, 1.82) is 0 Å². The van der Waals surface area contributed by atoms with Crippen molar-refractivity contribution in [2.75, 3.05) is 18.6 Å². The molecular weight excluding hydrogens is 400 g/mol. The van der Waals surface area contributed by atoms with Crippen LogP contribution in [0.1, 0.15) is 36.4 Å². The van der Waals surface area contributed by atoms with Gasteiger partial charge in [-0.1, -0.05) is 6.07 Å². The Balaban J connectivity index is 0.00000280. The van der Waals surface area contributed by atoms with Gasteiger partial charge in [0.05, 0.1) is 24.0 Å². The highest BCUT2D eigenvalue weighted by Crippen LogP contribution is 2.31. The lowest BCUT2D eigenvalue weighted by Gasteiger charge is -2.26. The monoisotopic (exact) mass is 424 g/mol. The molecule has 1 aliphatic rings. The summed E-state index contributed by atoms with van der Waals surface area (Å²) < 4.78 is 28.4. The van der Waals surface area contributed by atoms with Crippen LogP contribution in [0.2, 0.25) is 0 Å². The Morgan fingerprint density at radius 3 is 2.61 bits per heavy atom. The number of carbonyl (C=O) groups is 1. The van der Waals surface area contributed by atoms with Crippen molar-refractivity contribution in [1.82, 2.24) is 5.32 Å². The molecule has 3 N–H and O–H groups in total. The van der Waals surface area contributed by atoms with E-state index in [0.29, 0.717) is 5.75 Å². The number of aryl methyl sites for hydroxylation is 1. The zero-order chi connectivity index (χ0) is 19.4. The first kappa shape index (κ1) is 22.0. The van der Waals surface area contributed by atoms with E-state index in [1.807, 2.05) is 18.2 Å². The molecular formula is C20H25ClN2O4S. The minimum absolute atomic E-state index is 0. The summed E-state index contributed by atoms with van der Waals surface area (Å²) in [5, 5.41) is 3.07. The number of benzene rings is 2. The standard InChI is InChI=1S/C20H24N2O4S.ClH/c1-27(24,25)17-8-6-16(7-9-17)26-12-11-20(23)22-19-4-2-3-14-13-15(21)5-10-18(14)19;/h5-10,13,19H,2-4,11-12,21H2,1H3,(H,22,23);1H. The van der Waals surface area contributed by atoms with Crippen LogP contribution in [0.15, 0.2) is 47.4 Å². The molecule has 1 atom stereocenters. The minimum Gasteiger partial charge on any atom is -0.493 e. The van der Waals surface area contributed by atoms with Gasteiger partial charge in [-0.2, -0.15) is 0 Å². The maximum absolute atomic E-state index is 12.3. The van der Waals surface area contributed by atoms with Crippen molar-refractivity contribution in [2.24, 2.45) is 0 Å². The van der Waals surface area contributed by atoms with Crippen molar-refractivity contribution < 1.29 is 17.9 Å². The van der Waals surface area contributed by atoms with E-state index in [0.717, 1.165) is 36.8 Å². The molecule has 1 unspecified atom stereocenters. The third-order valence-electron chi connectivity index (χ3n) is 4.67. The van der Waals surface area contributed by atoms with Gasteiger partial charge < -0.3 is 15.8 Å². The zero-order valence-corrected chi connectivity index (χ0v) is 17.3. The number of amides is 1. The van der Waals surface area contributed by atoms with E-state index in [2.05, 4.69) is 5.32 Å². The number of hydrogen-bond acceptors (Lipinski definition) is 5. The Morgan fingerprint density at radius 1 is 1.21 bits per heavy atom. The van der Waals surface area contributed by atoms with E-state index in [1.54, 1.807) is 12.1 Å². The number of nitrogens with one attached hydrogen (secondary N) is 1. The SMILES string of the molecule is CS(=O)(=O)c1ccc(OCCC(=O)NC2CCCc3cc(N)ccc32)cc1.Cl. The molecule has 0 radical (unpaired) electrons. The van der Waals surface area contributed by atoms with Gasteiger partial charge in [-0.05, 0) is 66.8 Å². The lowest BCUT2D eigenvalue weighted by Crippen LogP contribution is -2.31. The van der Waals surface area contributed by atoms with Crippen LogP contribution in [-0.2, 0) is 21.1 Å². The van der Waals surface area contributed by atoms with Crippen LogP contribution in [0.5, 0.6) is 5.75 Å². The largest absolute Gasteiger partial charge is 0.493 e. The Kier molecular flexibility index (Phi) is 7.32. The lowest BCUT2D eigenvalue weighted by atomic mass is 9.87. The average molecular weight is 425 g/mol. The molecule has 8 heteroatoms. The van der Waals surface area contributed by atoms with Crippen molar-refractivity contribution >= 4 is 33.8 Å². The van der Waals surface area contributed by atoms with Gasteiger partial charge in [0.1, 0.15) is 5.75 Å². The van der Waals surface area contributed by atoms with Gasteiger partial charge >= 0.3 is 0 Å². The Hall–Kier alpha value is -2.25. The van der Waals surface area contributed by atoms with Crippen molar-refractivity contribution in [3.8, 4) is 5.75 Å². The number of fused-ring (bicyclic) bond motifs is 1. The molecule has 1 amide bonds. The Morgan fingerprint density at radius 2 is 1.93 bits per heavy atom. The van der Waals surface area contributed by atoms with E-state index < -0.39 is 9.84 Å². The van der Waals surface area contributed by atoms with Crippen LogP contribution in [0.4, 0.5) is 5.69 Å². The summed E-state index contributed by atoms with van der Waals surface area (Å²) >= 11 is 0. The summed E-state index contributed by atoms with van der Waals surface area (Å²) in [5.74, 6) is 0.464. The molecule has 0 saturated heterocycles. The molecule has 3 rings (SSSR count). The number of anilines is 1. The first-order chi connectivity index (χ1) is 12.8. The minimum atomic E-state index is -3.22. The van der Waals surface area contributed by atoms with Crippen molar-refractivity contribution in [3.63, 3.8) is 0 Å². The number of hydrogen-bond donors (Lipinski definition) is 2. The third-order valence-corrected chi connectivity index (χ3v) is 5.79. The molecule has 152 valence electrons. The second-order valence-electron chi connectivity index (χ2n) is 6.81. The van der Waals surface area contributed by atoms with E-state index >= 15 is 0 Å². The third kappa shape index (κ3) is 5.62. The smallest absolute Gasteiger partial charge is 0.223 e. The normalized spacial score (nSPS) is 15.8. The second kappa shape index (κ2) is 9.30. The number of carbonyl (C=O) groups excluding carboxylic acids is 1. The van der Waals surface area contributed by atoms with E-state index in [9.17, 15) is 13.2 Å². The number of sulfone groups is 1. The van der Waals surface area contributed by atoms with Crippen LogP contribution in [0, 0.1) is 0 Å². The first-order valence-electron chi connectivity index (χ1n) is 8.93. The van der Waals surface area contributed by atoms with Gasteiger partial charge in [0.25, 0.3) is 0 Å². The van der Waals surface area contributed by atoms with Crippen LogP contribution < -0.4 is 15.8 Å². The maximum Gasteiger partial charge on any atom is 0.223 e. The molecule has 0 heterocycles. The van der Waals surface area contributed by atoms with Crippen LogP contribution >= 0.6 is 12.4 Å². The summed E-state index contributed by atoms with van der Waals surface area (Å²) in [7, 11) is -3.22. The van der Waals surface area contributed by atoms with Crippen LogP contribution in [-0.4, -0.2) is 27.2 Å². The van der Waals surface area contributed by atoms with Gasteiger partial charge in [-0.3, -0.25) is 4.79 Å². The molecule has 0 spiro atoms. The molecule has 0 saturated carbocycles. The van der Waals surface area contributed by atoms with Crippen LogP contribution in [0.3, 0.4) is 0 Å². The molecule has 2 aromatic carbocycles. The molecule has 1 aliphatic carbocycles. The topological polar surface area (TPSA) is 98.5 Å². The number of ether oxygens (including phenoxy) is 1. The number of nitrogen functional groups attached to an aromatic ring is 1. The molecule has 2 aromatic rings. The predicted octanol–water partition coefficient (Wildman–Crippen LogP) is 3.06. The van der Waals surface area contributed by atoms with Crippen molar-refractivity contribution in [3.05, 3.63) is 53.6 Å². The summed E-state index contributed by atoms with van der Waals surface area (Å²) in [5.41, 5.74) is 8.93. The fraction of sp³-hybridized carbons (Fsp3) is 0.350.